The molecule has 0 aromatic heterocycles. The third-order valence-corrected chi connectivity index (χ3v) is 10.5. The number of allylic oxidation sites excluding steroid dienone is 4. The van der Waals surface area contributed by atoms with Crippen LogP contribution in [0.2, 0.25) is 0 Å². The van der Waals surface area contributed by atoms with Gasteiger partial charge in [-0.25, -0.2) is 4.39 Å². The number of rotatable bonds is 7. The Balaban J connectivity index is 1.42. The lowest BCUT2D eigenvalue weighted by atomic mass is 9.44. The van der Waals surface area contributed by atoms with Crippen LogP contribution in [0.3, 0.4) is 0 Å². The Bertz CT molecular complexity index is 995. The fourth-order valence-corrected chi connectivity index (χ4v) is 8.41. The molecule has 0 amide bonds. The molecule has 0 radical (unpaired) electrons. The highest BCUT2D eigenvalue weighted by molar-refractivity contribution is 6.29. The van der Waals surface area contributed by atoms with Gasteiger partial charge in [-0.3, -0.25) is 9.59 Å². The minimum absolute atomic E-state index is 0.124. The van der Waals surface area contributed by atoms with Gasteiger partial charge in [0.1, 0.15) is 0 Å². The van der Waals surface area contributed by atoms with Gasteiger partial charge in [-0.2, -0.15) is 0 Å². The molecule has 0 spiro atoms. The smallest absolute Gasteiger partial charge is 0.182 e. The minimum atomic E-state index is -2.06. The molecule has 2 unspecified atom stereocenters. The Labute approximate surface area is 222 Å². The molecule has 2 N–H and O–H groups in total. The van der Waals surface area contributed by atoms with Crippen LogP contribution in [0.5, 0.6) is 0 Å². The zero-order valence-corrected chi connectivity index (χ0v) is 22.3. The van der Waals surface area contributed by atoms with E-state index in [1.807, 2.05) is 0 Å². The number of aliphatic hydroxyl groups excluding tert-OH is 1. The molecule has 1 heterocycles. The molecule has 4 fully saturated rings. The van der Waals surface area contributed by atoms with Crippen molar-refractivity contribution in [2.24, 2.45) is 22.7 Å². The van der Waals surface area contributed by atoms with E-state index in [9.17, 15) is 19.8 Å². The van der Waals surface area contributed by atoms with Crippen LogP contribution in [0.1, 0.15) is 58.8 Å². The highest BCUT2D eigenvalue weighted by Gasteiger charge is 2.76. The Hall–Kier alpha value is -1.16. The maximum Gasteiger partial charge on any atom is 0.182 e. The standard InChI is InChI=1S/C28H38ClFO7/c1-25-9-8-18(31)13-17(25)6-7-19-20-14-23(35-11-12-37-24-5-3-4-10-36-24)28(34,22(33)16-29)26(20,2)15-21(32)27(19,25)30/h8-9,13,19-21,23-24,32,34H,3-7,10-12,14-16H2,1-2H3/t19-,20-,21-,23+,24?,25-,26-,27?,28+/m0/s1. The van der Waals surface area contributed by atoms with Crippen LogP contribution in [0.4, 0.5) is 4.39 Å². The number of carbonyl (C=O) groups excluding carboxylic acids is 2. The lowest BCUT2D eigenvalue weighted by molar-refractivity contribution is -0.224. The number of Topliss-reactive ketones (excluding diaryl/α,β-unsaturated/α-hetero) is 1. The number of aliphatic hydroxyl groups is 2. The van der Waals surface area contributed by atoms with Gasteiger partial charge in [-0.05, 0) is 69.9 Å². The predicted molar refractivity (Wildman–Crippen MR) is 134 cm³/mol. The van der Waals surface area contributed by atoms with Crippen molar-refractivity contribution in [2.45, 2.75) is 88.6 Å². The summed E-state index contributed by atoms with van der Waals surface area (Å²) >= 11 is 5.98. The van der Waals surface area contributed by atoms with E-state index in [1.165, 1.54) is 12.2 Å². The lowest BCUT2D eigenvalue weighted by Crippen LogP contribution is -2.69. The molecule has 37 heavy (non-hydrogen) atoms. The number of alkyl halides is 2. The lowest BCUT2D eigenvalue weighted by Gasteiger charge is -2.62. The number of halogens is 2. The Morgan fingerprint density at radius 3 is 2.68 bits per heavy atom. The summed E-state index contributed by atoms with van der Waals surface area (Å²) in [6, 6.07) is 0. The van der Waals surface area contributed by atoms with Crippen LogP contribution in [-0.4, -0.2) is 77.2 Å². The van der Waals surface area contributed by atoms with Crippen molar-refractivity contribution in [3.8, 4) is 0 Å². The molecular formula is C28H38ClFO7. The summed E-state index contributed by atoms with van der Waals surface area (Å²) in [4.78, 5) is 25.2. The summed E-state index contributed by atoms with van der Waals surface area (Å²) in [7, 11) is 0. The second-order valence-electron chi connectivity index (χ2n) is 11.8. The summed E-state index contributed by atoms with van der Waals surface area (Å²) in [6.45, 7) is 4.52. The number of fused-ring (bicyclic) bond motifs is 5. The fraction of sp³-hybridized carbons (Fsp3) is 0.786. The Morgan fingerprint density at radius 1 is 1.22 bits per heavy atom. The molecule has 4 aliphatic carbocycles. The van der Waals surface area contributed by atoms with E-state index in [-0.39, 0.29) is 38.1 Å². The molecular weight excluding hydrogens is 503 g/mol. The van der Waals surface area contributed by atoms with Gasteiger partial charge in [0.05, 0.1) is 31.3 Å². The van der Waals surface area contributed by atoms with Crippen molar-refractivity contribution in [1.29, 1.82) is 0 Å². The summed E-state index contributed by atoms with van der Waals surface area (Å²) < 4.78 is 34.8. The van der Waals surface area contributed by atoms with Gasteiger partial charge in [0, 0.05) is 23.4 Å². The van der Waals surface area contributed by atoms with E-state index in [1.54, 1.807) is 19.9 Å². The van der Waals surface area contributed by atoms with Crippen molar-refractivity contribution >= 4 is 23.2 Å². The Morgan fingerprint density at radius 2 is 1.97 bits per heavy atom. The molecule has 5 aliphatic rings. The largest absolute Gasteiger partial charge is 0.390 e. The van der Waals surface area contributed by atoms with E-state index in [0.717, 1.165) is 19.3 Å². The highest BCUT2D eigenvalue weighted by atomic mass is 35.5. The number of carbonyl (C=O) groups is 2. The van der Waals surface area contributed by atoms with Crippen LogP contribution in [0.25, 0.3) is 0 Å². The van der Waals surface area contributed by atoms with Crippen molar-refractivity contribution in [3.05, 3.63) is 23.8 Å². The molecule has 3 saturated carbocycles. The van der Waals surface area contributed by atoms with Crippen molar-refractivity contribution < 1.29 is 38.4 Å². The van der Waals surface area contributed by atoms with Crippen molar-refractivity contribution in [2.75, 3.05) is 25.7 Å². The maximum atomic E-state index is 17.3. The molecule has 1 saturated heterocycles. The second kappa shape index (κ2) is 9.79. The summed E-state index contributed by atoms with van der Waals surface area (Å²) in [5.41, 5.74) is -5.63. The van der Waals surface area contributed by atoms with Crippen LogP contribution >= 0.6 is 11.6 Å². The fourth-order valence-electron chi connectivity index (χ4n) is 8.20. The van der Waals surface area contributed by atoms with Gasteiger partial charge in [-0.1, -0.05) is 18.6 Å². The van der Waals surface area contributed by atoms with Gasteiger partial charge in [0.25, 0.3) is 0 Å². The number of ketones is 2. The summed E-state index contributed by atoms with van der Waals surface area (Å²) in [6.07, 6.45) is 5.70. The van der Waals surface area contributed by atoms with Gasteiger partial charge in [0.2, 0.25) is 0 Å². The van der Waals surface area contributed by atoms with Gasteiger partial charge < -0.3 is 24.4 Å². The monoisotopic (exact) mass is 540 g/mol. The van der Waals surface area contributed by atoms with Crippen LogP contribution in [0.15, 0.2) is 23.8 Å². The summed E-state index contributed by atoms with van der Waals surface area (Å²) in [5, 5.41) is 23.4. The molecule has 0 aromatic carbocycles. The summed E-state index contributed by atoms with van der Waals surface area (Å²) in [5.74, 6) is -2.25. The first-order chi connectivity index (χ1) is 17.5. The van der Waals surface area contributed by atoms with E-state index in [0.29, 0.717) is 25.0 Å². The third kappa shape index (κ3) is 3.93. The van der Waals surface area contributed by atoms with Crippen LogP contribution in [0, 0.1) is 22.7 Å². The van der Waals surface area contributed by atoms with Crippen molar-refractivity contribution in [1.82, 2.24) is 0 Å². The highest BCUT2D eigenvalue weighted by Crippen LogP contribution is 2.70. The van der Waals surface area contributed by atoms with Gasteiger partial charge in [0.15, 0.2) is 29.1 Å². The van der Waals surface area contributed by atoms with Crippen LogP contribution in [-0.2, 0) is 23.8 Å². The first-order valence-electron chi connectivity index (χ1n) is 13.5. The van der Waals surface area contributed by atoms with E-state index in [4.69, 9.17) is 25.8 Å². The first kappa shape index (κ1) is 27.4. The van der Waals surface area contributed by atoms with E-state index < -0.39 is 57.8 Å². The first-order valence-corrected chi connectivity index (χ1v) is 14.0. The average molecular weight is 541 g/mol. The maximum absolute atomic E-state index is 17.3. The molecule has 0 bridgehead atoms. The number of hydrogen-bond acceptors (Lipinski definition) is 7. The normalized spacial score (nSPS) is 47.1. The molecule has 9 heteroatoms. The Kier molecular flexibility index (Phi) is 7.25. The SMILES string of the molecule is C[C@]12C=CC(=O)C=C1CC[C@H]1[C@@H]3C[C@@H](OCCOC4CCCCO4)[C@](O)(C(=O)CCl)[C@@]3(C)C[C@H](O)C12F. The van der Waals surface area contributed by atoms with Gasteiger partial charge in [-0.15, -0.1) is 11.6 Å². The molecule has 7 nitrogen and oxygen atoms in total. The topological polar surface area (TPSA) is 102 Å². The third-order valence-electron chi connectivity index (χ3n) is 10.2. The minimum Gasteiger partial charge on any atom is -0.390 e. The van der Waals surface area contributed by atoms with Gasteiger partial charge >= 0.3 is 0 Å². The second-order valence-corrected chi connectivity index (χ2v) is 12.1. The number of ether oxygens (including phenoxy) is 3. The van der Waals surface area contributed by atoms with E-state index in [2.05, 4.69) is 0 Å². The van der Waals surface area contributed by atoms with Crippen LogP contribution < -0.4 is 0 Å². The van der Waals surface area contributed by atoms with Crippen molar-refractivity contribution in [3.63, 3.8) is 0 Å². The zero-order valence-electron chi connectivity index (χ0n) is 21.6. The molecule has 206 valence electrons. The molecule has 1 aliphatic heterocycles. The molecule has 5 rings (SSSR count). The zero-order chi connectivity index (χ0) is 26.6. The quantitative estimate of drug-likeness (QED) is 0.377. The number of hydrogen-bond donors (Lipinski definition) is 2. The average Bonchev–Trinajstić information content (AvgIpc) is 3.10. The molecule has 9 atom stereocenters. The van der Waals surface area contributed by atoms with E-state index >= 15 is 4.39 Å². The molecule has 0 aromatic rings. The predicted octanol–water partition coefficient (Wildman–Crippen LogP) is 3.43.